The third-order valence-corrected chi connectivity index (χ3v) is 7.02. The summed E-state index contributed by atoms with van der Waals surface area (Å²) in [4.78, 5) is 23.7. The van der Waals surface area contributed by atoms with Gasteiger partial charge >= 0.3 is 0 Å². The van der Waals surface area contributed by atoms with E-state index in [1.165, 1.54) is 21.5 Å². The summed E-state index contributed by atoms with van der Waals surface area (Å²) in [6.07, 6.45) is 1.60. The molecule has 0 unspecified atom stereocenters. The van der Waals surface area contributed by atoms with Crippen molar-refractivity contribution in [2.45, 2.75) is 25.3 Å². The molecule has 0 radical (unpaired) electrons. The Morgan fingerprint density at radius 3 is 2.49 bits per heavy atom. The number of nitro groups is 1. The average Bonchev–Trinajstić information content (AvgIpc) is 3.33. The van der Waals surface area contributed by atoms with Crippen molar-refractivity contribution >= 4 is 27.1 Å². The second-order valence-electron chi connectivity index (χ2n) is 7.85. The molecule has 13 heteroatoms. The number of aromatic amines is 1. The first-order chi connectivity index (χ1) is 16.6. The molecule has 0 aliphatic heterocycles. The van der Waals surface area contributed by atoms with Gasteiger partial charge in [0.15, 0.2) is 0 Å². The third-order valence-electron chi connectivity index (χ3n) is 5.67. The van der Waals surface area contributed by atoms with Crippen molar-refractivity contribution in [1.82, 2.24) is 19.6 Å². The predicted octanol–water partition coefficient (Wildman–Crippen LogP) is 2.84. The van der Waals surface area contributed by atoms with Gasteiger partial charge in [-0.2, -0.15) is 5.10 Å². The van der Waals surface area contributed by atoms with Crippen molar-refractivity contribution in [1.29, 1.82) is 0 Å². The number of nitro benzene ring substituents is 1. The van der Waals surface area contributed by atoms with Crippen LogP contribution < -0.4 is 15.6 Å². The SMILES string of the molecule is Cc1[nH]ncc1CNc1ccc(S(=O)(=O)Nc2c(C)n(C)n(-c3ccccc3)c2=O)cc1[N+](=O)[O-]. The number of benzene rings is 2. The standard InChI is InChI=1S/C22H23N7O5S/c1-14-16(13-24-25-14)12-23-19-10-9-18(11-20(19)29(31)32)35(33,34)26-21-15(2)27(3)28(22(21)30)17-7-5-4-6-8-17/h4-11,13,23,26H,12H2,1-3H3,(H,24,25). The number of nitrogens with one attached hydrogen (secondary N) is 3. The van der Waals surface area contributed by atoms with Crippen LogP contribution in [0.15, 0.2) is 64.4 Å². The van der Waals surface area contributed by atoms with Crippen LogP contribution in [0, 0.1) is 24.0 Å². The molecule has 2 heterocycles. The molecule has 35 heavy (non-hydrogen) atoms. The van der Waals surface area contributed by atoms with E-state index in [1.54, 1.807) is 50.5 Å². The minimum absolute atomic E-state index is 0.142. The van der Waals surface area contributed by atoms with E-state index in [2.05, 4.69) is 20.2 Å². The molecule has 0 saturated carbocycles. The van der Waals surface area contributed by atoms with Gasteiger partial charge in [-0.25, -0.2) is 13.1 Å². The predicted molar refractivity (Wildman–Crippen MR) is 130 cm³/mol. The molecule has 0 atom stereocenters. The highest BCUT2D eigenvalue weighted by molar-refractivity contribution is 7.92. The maximum absolute atomic E-state index is 13.1. The first-order valence-electron chi connectivity index (χ1n) is 10.5. The number of rotatable bonds is 8. The first-order valence-corrected chi connectivity index (χ1v) is 12.0. The number of aryl methyl sites for hydroxylation is 1. The molecule has 182 valence electrons. The number of hydrogen-bond donors (Lipinski definition) is 3. The van der Waals surface area contributed by atoms with Crippen LogP contribution in [0.1, 0.15) is 17.0 Å². The molecule has 0 bridgehead atoms. The van der Waals surface area contributed by atoms with Gasteiger partial charge in [-0.1, -0.05) is 18.2 Å². The van der Waals surface area contributed by atoms with Crippen LogP contribution in [-0.4, -0.2) is 32.9 Å². The van der Waals surface area contributed by atoms with Gasteiger partial charge in [0.1, 0.15) is 11.4 Å². The molecule has 0 amide bonds. The summed E-state index contributed by atoms with van der Waals surface area (Å²) in [6, 6.07) is 12.3. The minimum Gasteiger partial charge on any atom is -0.375 e. The van der Waals surface area contributed by atoms with E-state index >= 15 is 0 Å². The first kappa shape index (κ1) is 23.8. The molecular weight excluding hydrogens is 474 g/mol. The molecule has 4 rings (SSSR count). The van der Waals surface area contributed by atoms with E-state index in [4.69, 9.17) is 0 Å². The van der Waals surface area contributed by atoms with Gasteiger partial charge in [0.05, 0.1) is 27.4 Å². The number of aromatic nitrogens is 4. The highest BCUT2D eigenvalue weighted by Gasteiger charge is 2.25. The van der Waals surface area contributed by atoms with Crippen LogP contribution in [0.5, 0.6) is 0 Å². The van der Waals surface area contributed by atoms with E-state index in [0.717, 1.165) is 17.3 Å². The molecule has 12 nitrogen and oxygen atoms in total. The lowest BCUT2D eigenvalue weighted by Gasteiger charge is -2.10. The zero-order chi connectivity index (χ0) is 25.3. The molecular formula is C22H23N7O5S. The van der Waals surface area contributed by atoms with Crippen LogP contribution >= 0.6 is 0 Å². The summed E-state index contributed by atoms with van der Waals surface area (Å²) in [5.74, 6) is 0. The highest BCUT2D eigenvalue weighted by atomic mass is 32.2. The summed E-state index contributed by atoms with van der Waals surface area (Å²) in [5, 5.41) is 21.3. The molecule has 0 aliphatic rings. The molecule has 2 aromatic heterocycles. The van der Waals surface area contributed by atoms with Gasteiger partial charge in [0.2, 0.25) is 0 Å². The van der Waals surface area contributed by atoms with Crippen LogP contribution in [0.4, 0.5) is 17.1 Å². The fourth-order valence-corrected chi connectivity index (χ4v) is 4.74. The Hall–Kier alpha value is -4.39. The Balaban J connectivity index is 1.67. The molecule has 3 N–H and O–H groups in total. The minimum atomic E-state index is -4.31. The summed E-state index contributed by atoms with van der Waals surface area (Å²) in [7, 11) is -2.67. The zero-order valence-corrected chi connectivity index (χ0v) is 20.0. The lowest BCUT2D eigenvalue weighted by Crippen LogP contribution is -2.23. The fourth-order valence-electron chi connectivity index (χ4n) is 3.60. The Kier molecular flexibility index (Phi) is 6.18. The maximum Gasteiger partial charge on any atom is 0.296 e. The summed E-state index contributed by atoms with van der Waals surface area (Å²) in [5.41, 5.74) is 1.59. The van der Waals surface area contributed by atoms with E-state index < -0.39 is 26.2 Å². The van der Waals surface area contributed by atoms with Crippen molar-refractivity contribution in [2.75, 3.05) is 10.0 Å². The van der Waals surface area contributed by atoms with Gasteiger partial charge in [-0.3, -0.25) is 29.4 Å². The largest absolute Gasteiger partial charge is 0.375 e. The van der Waals surface area contributed by atoms with Crippen LogP contribution in [0.2, 0.25) is 0 Å². The van der Waals surface area contributed by atoms with Crippen LogP contribution in [0.3, 0.4) is 0 Å². The Morgan fingerprint density at radius 2 is 1.86 bits per heavy atom. The van der Waals surface area contributed by atoms with Gasteiger partial charge < -0.3 is 5.32 Å². The molecule has 0 fully saturated rings. The van der Waals surface area contributed by atoms with Gasteiger partial charge in [-0.15, -0.1) is 0 Å². The van der Waals surface area contributed by atoms with Gasteiger partial charge in [0.25, 0.3) is 21.3 Å². The van der Waals surface area contributed by atoms with E-state index in [-0.39, 0.29) is 22.8 Å². The topological polar surface area (TPSA) is 157 Å². The third kappa shape index (κ3) is 4.53. The smallest absolute Gasteiger partial charge is 0.296 e. The second kappa shape index (κ2) is 9.10. The van der Waals surface area contributed by atoms with Gasteiger partial charge in [-0.05, 0) is 38.1 Å². The van der Waals surface area contributed by atoms with Crippen molar-refractivity contribution in [3.8, 4) is 5.69 Å². The monoisotopic (exact) mass is 497 g/mol. The quantitative estimate of drug-likeness (QED) is 0.249. The van der Waals surface area contributed by atoms with E-state index in [0.29, 0.717) is 11.4 Å². The number of hydrogen-bond acceptors (Lipinski definition) is 7. The van der Waals surface area contributed by atoms with Crippen molar-refractivity contribution in [3.63, 3.8) is 0 Å². The second-order valence-corrected chi connectivity index (χ2v) is 9.53. The summed E-state index contributed by atoms with van der Waals surface area (Å²) in [6.45, 7) is 3.68. The lowest BCUT2D eigenvalue weighted by molar-refractivity contribution is -0.384. The Morgan fingerprint density at radius 1 is 1.14 bits per heavy atom. The van der Waals surface area contributed by atoms with Gasteiger partial charge in [0, 0.05) is 30.9 Å². The zero-order valence-electron chi connectivity index (χ0n) is 19.1. The normalized spacial score (nSPS) is 11.4. The van der Waals surface area contributed by atoms with Crippen molar-refractivity contribution < 1.29 is 13.3 Å². The number of H-pyrrole nitrogens is 1. The Bertz CT molecular complexity index is 1570. The van der Waals surface area contributed by atoms with E-state index in [1.807, 2.05) is 6.92 Å². The van der Waals surface area contributed by atoms with E-state index in [9.17, 15) is 23.3 Å². The van der Waals surface area contributed by atoms with Crippen molar-refractivity contribution in [3.05, 3.63) is 92.1 Å². The molecule has 0 aliphatic carbocycles. The summed E-state index contributed by atoms with van der Waals surface area (Å²) < 4.78 is 31.4. The average molecular weight is 498 g/mol. The molecule has 2 aromatic carbocycles. The number of sulfonamides is 1. The molecule has 4 aromatic rings. The maximum atomic E-state index is 13.1. The molecule has 0 spiro atoms. The van der Waals surface area contributed by atoms with Crippen molar-refractivity contribution in [2.24, 2.45) is 7.05 Å². The van der Waals surface area contributed by atoms with Crippen LogP contribution in [0.25, 0.3) is 5.69 Å². The Labute approximate surface area is 200 Å². The number of anilines is 2. The number of para-hydroxylation sites is 1. The van der Waals surface area contributed by atoms with Crippen LogP contribution in [-0.2, 0) is 23.6 Å². The summed E-state index contributed by atoms with van der Waals surface area (Å²) >= 11 is 0. The number of nitrogens with zero attached hydrogens (tertiary/aromatic N) is 4. The highest BCUT2D eigenvalue weighted by Crippen LogP contribution is 2.29. The molecule has 0 saturated heterocycles. The fraction of sp³-hybridized carbons (Fsp3) is 0.182. The lowest BCUT2D eigenvalue weighted by atomic mass is 10.2.